The molecule has 1 heterocycles. The van der Waals surface area contributed by atoms with Gasteiger partial charge in [0.1, 0.15) is 17.5 Å². The largest absolute Gasteiger partial charge is 0.383 e. The molecule has 0 unspecified atom stereocenters. The van der Waals surface area contributed by atoms with Gasteiger partial charge in [-0.1, -0.05) is 46.5 Å². The van der Waals surface area contributed by atoms with E-state index in [0.29, 0.717) is 11.9 Å². The van der Waals surface area contributed by atoms with E-state index in [2.05, 4.69) is 37.7 Å². The summed E-state index contributed by atoms with van der Waals surface area (Å²) in [5.74, 6) is 2.46. The molecular formula is C17H30N4. The zero-order valence-corrected chi connectivity index (χ0v) is 14.2. The number of aromatic nitrogens is 2. The van der Waals surface area contributed by atoms with Gasteiger partial charge in [-0.25, -0.2) is 9.97 Å². The van der Waals surface area contributed by atoms with Crippen LogP contribution in [0.3, 0.4) is 0 Å². The average molecular weight is 290 g/mol. The van der Waals surface area contributed by atoms with E-state index in [0.717, 1.165) is 17.2 Å². The molecule has 1 fully saturated rings. The number of nitrogen functional groups attached to an aromatic ring is 1. The Morgan fingerprint density at radius 2 is 1.62 bits per heavy atom. The molecule has 0 aliphatic heterocycles. The van der Waals surface area contributed by atoms with E-state index < -0.39 is 0 Å². The van der Waals surface area contributed by atoms with Gasteiger partial charge in [0.05, 0.1) is 0 Å². The van der Waals surface area contributed by atoms with Crippen LogP contribution >= 0.6 is 0 Å². The van der Waals surface area contributed by atoms with E-state index in [9.17, 15) is 0 Å². The molecule has 2 N–H and O–H groups in total. The van der Waals surface area contributed by atoms with Crippen LogP contribution in [0.15, 0.2) is 0 Å². The molecule has 0 bridgehead atoms. The van der Waals surface area contributed by atoms with Crippen LogP contribution in [0, 0.1) is 6.92 Å². The molecule has 0 atom stereocenters. The lowest BCUT2D eigenvalue weighted by atomic mass is 9.95. The third-order valence-corrected chi connectivity index (χ3v) is 4.54. The lowest BCUT2D eigenvalue weighted by molar-refractivity contribution is 0.528. The van der Waals surface area contributed by atoms with Crippen molar-refractivity contribution in [1.82, 2.24) is 9.97 Å². The Labute approximate surface area is 129 Å². The molecule has 4 heteroatoms. The first-order chi connectivity index (χ1) is 9.80. The van der Waals surface area contributed by atoms with Gasteiger partial charge in [-0.15, -0.1) is 0 Å². The van der Waals surface area contributed by atoms with Crippen LogP contribution < -0.4 is 10.6 Å². The molecule has 0 radical (unpaired) electrons. The van der Waals surface area contributed by atoms with Crippen molar-refractivity contribution in [3.8, 4) is 0 Å². The van der Waals surface area contributed by atoms with Gasteiger partial charge in [-0.05, 0) is 19.8 Å². The predicted octanol–water partition coefficient (Wildman–Crippen LogP) is 3.82. The maximum absolute atomic E-state index is 6.14. The summed E-state index contributed by atoms with van der Waals surface area (Å²) in [5, 5.41) is 0. The molecule has 21 heavy (non-hydrogen) atoms. The van der Waals surface area contributed by atoms with Crippen LogP contribution in [0.25, 0.3) is 0 Å². The Balaban J connectivity index is 2.34. The van der Waals surface area contributed by atoms with Crippen molar-refractivity contribution in [2.45, 2.75) is 77.7 Å². The highest BCUT2D eigenvalue weighted by Crippen LogP contribution is 2.30. The van der Waals surface area contributed by atoms with E-state index >= 15 is 0 Å². The lowest BCUT2D eigenvalue weighted by Gasteiger charge is -2.31. The van der Waals surface area contributed by atoms with E-state index in [-0.39, 0.29) is 5.41 Å². The second-order valence-electron chi connectivity index (χ2n) is 7.39. The van der Waals surface area contributed by atoms with E-state index in [1.165, 1.54) is 38.5 Å². The fraction of sp³-hybridized carbons (Fsp3) is 0.765. The van der Waals surface area contributed by atoms with Crippen LogP contribution in [0.4, 0.5) is 11.6 Å². The Kier molecular flexibility index (Phi) is 4.74. The molecule has 0 aromatic carbocycles. The number of nitrogens with two attached hydrogens (primary N) is 1. The quantitative estimate of drug-likeness (QED) is 0.841. The number of hydrogen-bond acceptors (Lipinski definition) is 4. The smallest absolute Gasteiger partial charge is 0.138 e. The van der Waals surface area contributed by atoms with Gasteiger partial charge in [0.15, 0.2) is 0 Å². The molecule has 1 aliphatic carbocycles. The molecule has 118 valence electrons. The third kappa shape index (κ3) is 3.66. The molecule has 1 aromatic heterocycles. The summed E-state index contributed by atoms with van der Waals surface area (Å²) in [5.41, 5.74) is 7.07. The maximum atomic E-state index is 6.14. The summed E-state index contributed by atoms with van der Waals surface area (Å²) in [7, 11) is 2.16. The minimum absolute atomic E-state index is 0.0825. The van der Waals surface area contributed by atoms with Crippen LogP contribution in [0.1, 0.15) is 70.7 Å². The van der Waals surface area contributed by atoms with Crippen LogP contribution in [0.5, 0.6) is 0 Å². The van der Waals surface area contributed by atoms with Crippen molar-refractivity contribution in [2.75, 3.05) is 17.7 Å². The predicted molar refractivity (Wildman–Crippen MR) is 89.8 cm³/mol. The van der Waals surface area contributed by atoms with Gasteiger partial charge in [0, 0.05) is 24.1 Å². The molecule has 0 spiro atoms. The first-order valence-corrected chi connectivity index (χ1v) is 8.18. The SMILES string of the molecule is Cc1c(N)nc(C(C)(C)C)nc1N(C)C1CCCCCC1. The maximum Gasteiger partial charge on any atom is 0.138 e. The van der Waals surface area contributed by atoms with Crippen LogP contribution in [0.2, 0.25) is 0 Å². The fourth-order valence-corrected chi connectivity index (χ4v) is 3.02. The van der Waals surface area contributed by atoms with Crippen LogP contribution in [-0.4, -0.2) is 23.1 Å². The lowest BCUT2D eigenvalue weighted by Crippen LogP contribution is -2.33. The van der Waals surface area contributed by atoms with E-state index in [1.54, 1.807) is 0 Å². The molecule has 1 saturated carbocycles. The van der Waals surface area contributed by atoms with Gasteiger partial charge in [0.25, 0.3) is 0 Å². The van der Waals surface area contributed by atoms with Gasteiger partial charge < -0.3 is 10.6 Å². The normalized spacial score (nSPS) is 17.6. The zero-order valence-electron chi connectivity index (χ0n) is 14.2. The van der Waals surface area contributed by atoms with Crippen molar-refractivity contribution in [1.29, 1.82) is 0 Å². The first kappa shape index (κ1) is 16.1. The second kappa shape index (κ2) is 6.20. The fourth-order valence-electron chi connectivity index (χ4n) is 3.02. The Morgan fingerprint density at radius 3 is 2.14 bits per heavy atom. The Hall–Kier alpha value is -1.32. The average Bonchev–Trinajstić information content (AvgIpc) is 2.68. The highest BCUT2D eigenvalue weighted by Gasteiger charge is 2.24. The van der Waals surface area contributed by atoms with Gasteiger partial charge in [-0.3, -0.25) is 0 Å². The summed E-state index contributed by atoms with van der Waals surface area (Å²) in [6, 6.07) is 0.577. The molecular weight excluding hydrogens is 260 g/mol. The summed E-state index contributed by atoms with van der Waals surface area (Å²) in [6.07, 6.45) is 7.88. The minimum atomic E-state index is -0.0825. The Bertz CT molecular complexity index is 482. The van der Waals surface area contributed by atoms with Gasteiger partial charge in [-0.2, -0.15) is 0 Å². The van der Waals surface area contributed by atoms with E-state index in [4.69, 9.17) is 10.7 Å². The standard InChI is InChI=1S/C17H30N4/c1-12-14(18)19-16(17(2,3)4)20-15(12)21(5)13-10-8-6-7-9-11-13/h13H,6-11H2,1-5H3,(H2,18,19,20). The van der Waals surface area contributed by atoms with Crippen molar-refractivity contribution in [3.05, 3.63) is 11.4 Å². The van der Waals surface area contributed by atoms with Crippen molar-refractivity contribution < 1.29 is 0 Å². The highest BCUT2D eigenvalue weighted by molar-refractivity contribution is 5.57. The molecule has 2 rings (SSSR count). The summed E-state index contributed by atoms with van der Waals surface area (Å²) in [6.45, 7) is 8.43. The first-order valence-electron chi connectivity index (χ1n) is 8.18. The number of hydrogen-bond donors (Lipinski definition) is 1. The molecule has 1 aromatic rings. The Morgan fingerprint density at radius 1 is 1.05 bits per heavy atom. The van der Waals surface area contributed by atoms with Gasteiger partial charge >= 0.3 is 0 Å². The molecule has 4 nitrogen and oxygen atoms in total. The van der Waals surface area contributed by atoms with Crippen molar-refractivity contribution in [2.24, 2.45) is 0 Å². The zero-order chi connectivity index (χ0) is 15.6. The monoisotopic (exact) mass is 290 g/mol. The summed E-state index contributed by atoms with van der Waals surface area (Å²) >= 11 is 0. The minimum Gasteiger partial charge on any atom is -0.383 e. The summed E-state index contributed by atoms with van der Waals surface area (Å²) < 4.78 is 0. The topological polar surface area (TPSA) is 55.0 Å². The third-order valence-electron chi connectivity index (χ3n) is 4.54. The van der Waals surface area contributed by atoms with Crippen molar-refractivity contribution in [3.63, 3.8) is 0 Å². The number of nitrogens with zero attached hydrogens (tertiary/aromatic N) is 3. The second-order valence-corrected chi connectivity index (χ2v) is 7.39. The van der Waals surface area contributed by atoms with Crippen LogP contribution in [-0.2, 0) is 5.41 Å². The number of rotatable bonds is 2. The molecule has 1 aliphatic rings. The molecule has 0 amide bonds. The van der Waals surface area contributed by atoms with E-state index in [1.807, 2.05) is 6.92 Å². The van der Waals surface area contributed by atoms with Crippen molar-refractivity contribution >= 4 is 11.6 Å². The molecule has 0 saturated heterocycles. The number of anilines is 2. The highest BCUT2D eigenvalue weighted by atomic mass is 15.2. The van der Waals surface area contributed by atoms with Gasteiger partial charge in [0.2, 0.25) is 0 Å². The summed E-state index contributed by atoms with van der Waals surface area (Å²) in [4.78, 5) is 11.7.